The van der Waals surface area contributed by atoms with Crippen LogP contribution in [0.25, 0.3) is 11.3 Å². The molecule has 2 aromatic carbocycles. The van der Waals surface area contributed by atoms with Crippen LogP contribution in [0.1, 0.15) is 21.5 Å². The van der Waals surface area contributed by atoms with Crippen molar-refractivity contribution in [3.05, 3.63) is 71.4 Å². The average molecular weight is 322 g/mol. The van der Waals surface area contributed by atoms with Crippen molar-refractivity contribution >= 4 is 5.91 Å². The van der Waals surface area contributed by atoms with Crippen LogP contribution in [0.2, 0.25) is 0 Å². The maximum Gasteiger partial charge on any atom is 0.257 e. The number of nitrogens with one attached hydrogen (secondary N) is 1. The minimum atomic E-state index is -0.220. The van der Waals surface area contributed by atoms with Crippen molar-refractivity contribution in [3.63, 3.8) is 0 Å². The fourth-order valence-corrected chi connectivity index (χ4v) is 2.34. The third kappa shape index (κ3) is 3.46. The largest absolute Gasteiger partial charge is 0.497 e. The van der Waals surface area contributed by atoms with Gasteiger partial charge < -0.3 is 14.6 Å². The first kappa shape index (κ1) is 15.8. The highest BCUT2D eigenvalue weighted by Gasteiger charge is 2.17. The monoisotopic (exact) mass is 322 g/mol. The number of amides is 1. The standard InChI is InChI=1S/C19H18N2O3/c1-13-3-5-14(6-4-13)11-20-19(22)17-12-21-24-18(17)15-7-9-16(23-2)10-8-15/h3-10,12H,11H2,1-2H3,(H,20,22). The van der Waals surface area contributed by atoms with Gasteiger partial charge in [-0.05, 0) is 36.8 Å². The zero-order valence-corrected chi connectivity index (χ0v) is 13.6. The first-order valence-corrected chi connectivity index (χ1v) is 7.60. The fourth-order valence-electron chi connectivity index (χ4n) is 2.34. The van der Waals surface area contributed by atoms with Gasteiger partial charge >= 0.3 is 0 Å². The molecule has 0 atom stereocenters. The van der Waals surface area contributed by atoms with E-state index in [0.717, 1.165) is 16.9 Å². The van der Waals surface area contributed by atoms with Gasteiger partial charge in [0.1, 0.15) is 11.3 Å². The molecular weight excluding hydrogens is 304 g/mol. The summed E-state index contributed by atoms with van der Waals surface area (Å²) < 4.78 is 10.4. The zero-order valence-electron chi connectivity index (χ0n) is 13.6. The van der Waals surface area contributed by atoms with Crippen LogP contribution in [0.4, 0.5) is 0 Å². The Labute approximate surface area is 140 Å². The molecule has 1 amide bonds. The number of carbonyl (C=O) groups excluding carboxylic acids is 1. The lowest BCUT2D eigenvalue weighted by molar-refractivity contribution is 0.0951. The van der Waals surface area contributed by atoms with Gasteiger partial charge in [0.2, 0.25) is 0 Å². The molecule has 0 saturated heterocycles. The number of nitrogens with zero attached hydrogens (tertiary/aromatic N) is 1. The van der Waals surface area contributed by atoms with Crippen LogP contribution < -0.4 is 10.1 Å². The summed E-state index contributed by atoms with van der Waals surface area (Å²) in [5, 5.41) is 6.65. The number of aromatic nitrogens is 1. The molecule has 3 rings (SSSR count). The van der Waals surface area contributed by atoms with Crippen molar-refractivity contribution < 1.29 is 14.1 Å². The molecule has 0 spiro atoms. The van der Waals surface area contributed by atoms with Gasteiger partial charge in [0, 0.05) is 12.1 Å². The molecule has 0 saturated carbocycles. The van der Waals surface area contributed by atoms with Crippen molar-refractivity contribution in [1.82, 2.24) is 10.5 Å². The minimum Gasteiger partial charge on any atom is -0.497 e. The predicted molar refractivity (Wildman–Crippen MR) is 90.8 cm³/mol. The summed E-state index contributed by atoms with van der Waals surface area (Å²) in [4.78, 5) is 12.4. The second kappa shape index (κ2) is 7.00. The Morgan fingerprint density at radius 2 is 1.83 bits per heavy atom. The molecule has 0 fully saturated rings. The van der Waals surface area contributed by atoms with E-state index in [-0.39, 0.29) is 5.91 Å². The maximum atomic E-state index is 12.4. The van der Waals surface area contributed by atoms with Crippen LogP contribution in [0.3, 0.4) is 0 Å². The van der Waals surface area contributed by atoms with Crippen LogP contribution in [0.15, 0.2) is 59.3 Å². The third-order valence-corrected chi connectivity index (χ3v) is 3.74. The molecule has 5 heteroatoms. The van der Waals surface area contributed by atoms with Gasteiger partial charge in [-0.15, -0.1) is 0 Å². The lowest BCUT2D eigenvalue weighted by Crippen LogP contribution is -2.22. The van der Waals surface area contributed by atoms with Gasteiger partial charge in [-0.2, -0.15) is 0 Å². The second-order valence-corrected chi connectivity index (χ2v) is 5.47. The highest BCUT2D eigenvalue weighted by Crippen LogP contribution is 2.25. The Morgan fingerprint density at radius 3 is 2.50 bits per heavy atom. The number of aryl methyl sites for hydroxylation is 1. The van der Waals surface area contributed by atoms with E-state index in [9.17, 15) is 4.79 Å². The molecule has 1 N–H and O–H groups in total. The number of rotatable bonds is 5. The molecule has 0 bridgehead atoms. The summed E-state index contributed by atoms with van der Waals surface area (Å²) in [5.74, 6) is 0.963. The number of carbonyl (C=O) groups is 1. The van der Waals surface area contributed by atoms with Gasteiger partial charge in [-0.25, -0.2) is 0 Å². The zero-order chi connectivity index (χ0) is 16.9. The Morgan fingerprint density at radius 1 is 1.12 bits per heavy atom. The van der Waals surface area contributed by atoms with E-state index in [1.807, 2.05) is 55.5 Å². The maximum absolute atomic E-state index is 12.4. The number of benzene rings is 2. The summed E-state index contributed by atoms with van der Waals surface area (Å²) in [7, 11) is 1.60. The second-order valence-electron chi connectivity index (χ2n) is 5.47. The average Bonchev–Trinajstić information content (AvgIpc) is 3.11. The first-order chi connectivity index (χ1) is 11.7. The molecule has 0 aliphatic rings. The number of hydrogen-bond acceptors (Lipinski definition) is 4. The van der Waals surface area contributed by atoms with Crippen LogP contribution in [-0.2, 0) is 6.54 Å². The van der Waals surface area contributed by atoms with E-state index in [2.05, 4.69) is 10.5 Å². The van der Waals surface area contributed by atoms with E-state index in [1.165, 1.54) is 11.8 Å². The highest BCUT2D eigenvalue weighted by molar-refractivity contribution is 5.99. The van der Waals surface area contributed by atoms with Crippen molar-refractivity contribution in [3.8, 4) is 17.1 Å². The van der Waals surface area contributed by atoms with E-state index >= 15 is 0 Å². The van der Waals surface area contributed by atoms with Gasteiger partial charge in [-0.3, -0.25) is 4.79 Å². The molecule has 0 aliphatic heterocycles. The summed E-state index contributed by atoms with van der Waals surface area (Å²) in [5.41, 5.74) is 3.41. The molecule has 0 radical (unpaired) electrons. The normalized spacial score (nSPS) is 10.4. The Bertz CT molecular complexity index is 821. The number of hydrogen-bond donors (Lipinski definition) is 1. The van der Waals surface area contributed by atoms with Crippen LogP contribution in [0, 0.1) is 6.92 Å². The first-order valence-electron chi connectivity index (χ1n) is 7.60. The Kier molecular flexibility index (Phi) is 4.61. The SMILES string of the molecule is COc1ccc(-c2oncc2C(=O)NCc2ccc(C)cc2)cc1. The number of ether oxygens (including phenoxy) is 1. The quantitative estimate of drug-likeness (QED) is 0.779. The molecular formula is C19H18N2O3. The van der Waals surface area contributed by atoms with Crippen LogP contribution in [0.5, 0.6) is 5.75 Å². The van der Waals surface area contributed by atoms with E-state index in [4.69, 9.17) is 9.26 Å². The summed E-state index contributed by atoms with van der Waals surface area (Å²) in [6.07, 6.45) is 1.43. The molecule has 0 aliphatic carbocycles. The molecule has 122 valence electrons. The molecule has 1 aromatic heterocycles. The lowest BCUT2D eigenvalue weighted by atomic mass is 10.1. The molecule has 0 unspecified atom stereocenters. The topological polar surface area (TPSA) is 64.4 Å². The Hall–Kier alpha value is -3.08. The van der Waals surface area contributed by atoms with E-state index in [1.54, 1.807) is 7.11 Å². The van der Waals surface area contributed by atoms with Crippen LogP contribution in [-0.4, -0.2) is 18.2 Å². The van der Waals surface area contributed by atoms with Crippen molar-refractivity contribution in [1.29, 1.82) is 0 Å². The van der Waals surface area contributed by atoms with E-state index in [0.29, 0.717) is 17.9 Å². The van der Waals surface area contributed by atoms with Gasteiger partial charge in [0.25, 0.3) is 5.91 Å². The molecule has 5 nitrogen and oxygen atoms in total. The van der Waals surface area contributed by atoms with Gasteiger partial charge in [0.05, 0.1) is 13.3 Å². The fraction of sp³-hybridized carbons (Fsp3) is 0.158. The summed E-state index contributed by atoms with van der Waals surface area (Å²) >= 11 is 0. The lowest BCUT2D eigenvalue weighted by Gasteiger charge is -2.06. The summed E-state index contributed by atoms with van der Waals surface area (Å²) in [6.45, 7) is 2.48. The van der Waals surface area contributed by atoms with Gasteiger partial charge in [0.15, 0.2) is 5.76 Å². The van der Waals surface area contributed by atoms with Crippen molar-refractivity contribution in [2.24, 2.45) is 0 Å². The van der Waals surface area contributed by atoms with Crippen molar-refractivity contribution in [2.75, 3.05) is 7.11 Å². The minimum absolute atomic E-state index is 0.220. The summed E-state index contributed by atoms with van der Waals surface area (Å²) in [6, 6.07) is 15.3. The van der Waals surface area contributed by atoms with Crippen LogP contribution >= 0.6 is 0 Å². The molecule has 1 heterocycles. The smallest absolute Gasteiger partial charge is 0.257 e. The molecule has 24 heavy (non-hydrogen) atoms. The third-order valence-electron chi connectivity index (χ3n) is 3.74. The van der Waals surface area contributed by atoms with Crippen molar-refractivity contribution in [2.45, 2.75) is 13.5 Å². The number of methoxy groups -OCH3 is 1. The van der Waals surface area contributed by atoms with Gasteiger partial charge in [-0.1, -0.05) is 35.0 Å². The van der Waals surface area contributed by atoms with E-state index < -0.39 is 0 Å². The molecule has 3 aromatic rings. The highest BCUT2D eigenvalue weighted by atomic mass is 16.5. The Balaban J connectivity index is 1.73. The predicted octanol–water partition coefficient (Wildman–Crippen LogP) is 3.59.